The summed E-state index contributed by atoms with van der Waals surface area (Å²) < 4.78 is 12.7. The number of fused-ring (bicyclic) bond motifs is 1. The summed E-state index contributed by atoms with van der Waals surface area (Å²) in [6.07, 6.45) is 8.69. The number of carbonyl (C=O) groups excluding carboxylic acids is 3. The highest BCUT2D eigenvalue weighted by atomic mass is 16.5. The van der Waals surface area contributed by atoms with Gasteiger partial charge in [-0.1, -0.05) is 26.2 Å². The third-order valence-electron chi connectivity index (χ3n) is 9.13. The first-order valence-electron chi connectivity index (χ1n) is 17.3. The Kier molecular flexibility index (Phi) is 15.6. The zero-order valence-electron chi connectivity index (χ0n) is 29.1. The van der Waals surface area contributed by atoms with Gasteiger partial charge in [-0.15, -0.1) is 0 Å². The molecule has 0 aromatic heterocycles. The molecule has 260 valence electrons. The van der Waals surface area contributed by atoms with Crippen molar-refractivity contribution in [2.45, 2.75) is 109 Å². The normalized spacial score (nSPS) is 22.7. The lowest BCUT2D eigenvalue weighted by Crippen LogP contribution is -2.48. The van der Waals surface area contributed by atoms with Gasteiger partial charge in [-0.25, -0.2) is 4.79 Å². The molecular formula is C35H59N5O6. The SMILES string of the molecule is C[C@@H]1CCCCO[C@@H](CN(C)C(=O)CCCN(C)C)[C@H](C)CN([C@@H](C)CO)C(=O)c2cc(NC(=O)NC3CCCCC3)ccc2O1. The first-order valence-corrected chi connectivity index (χ1v) is 17.3. The molecule has 1 heterocycles. The van der Waals surface area contributed by atoms with Crippen LogP contribution in [-0.4, -0.2) is 116 Å². The number of anilines is 1. The van der Waals surface area contributed by atoms with Crippen LogP contribution in [0.2, 0.25) is 0 Å². The highest BCUT2D eigenvalue weighted by Crippen LogP contribution is 2.29. The van der Waals surface area contributed by atoms with E-state index in [4.69, 9.17) is 9.47 Å². The number of hydrogen-bond donors (Lipinski definition) is 3. The van der Waals surface area contributed by atoms with E-state index in [9.17, 15) is 19.5 Å². The second-order valence-electron chi connectivity index (χ2n) is 13.6. The molecule has 0 spiro atoms. The molecule has 1 aliphatic heterocycles. The number of hydrogen-bond acceptors (Lipinski definition) is 7. The lowest BCUT2D eigenvalue weighted by Gasteiger charge is -2.36. The smallest absolute Gasteiger partial charge is 0.319 e. The summed E-state index contributed by atoms with van der Waals surface area (Å²) >= 11 is 0. The number of benzene rings is 1. The zero-order valence-corrected chi connectivity index (χ0v) is 29.1. The largest absolute Gasteiger partial charge is 0.490 e. The van der Waals surface area contributed by atoms with Gasteiger partial charge in [-0.2, -0.15) is 0 Å². The van der Waals surface area contributed by atoms with Crippen molar-refractivity contribution >= 4 is 23.5 Å². The van der Waals surface area contributed by atoms with E-state index >= 15 is 0 Å². The van der Waals surface area contributed by atoms with E-state index < -0.39 is 6.04 Å². The standard InChI is InChI=1S/C35H59N5O6/c1-25-22-40(26(2)24-41)34(43)30-21-29(37-35(44)36-28-14-8-7-9-15-28)17-18-31(30)46-27(3)13-10-11-20-45-32(25)23-39(6)33(42)16-12-19-38(4)5/h17-18,21,25-28,32,41H,7-16,19-20,22-24H2,1-6H3,(H2,36,37,44)/t25-,26+,27-,32+/m1/s1. The van der Waals surface area contributed by atoms with Gasteiger partial charge >= 0.3 is 6.03 Å². The van der Waals surface area contributed by atoms with Crippen molar-refractivity contribution < 1.29 is 29.0 Å². The highest BCUT2D eigenvalue weighted by molar-refractivity contribution is 5.99. The number of carbonyl (C=O) groups is 3. The van der Waals surface area contributed by atoms with Crippen molar-refractivity contribution in [2.24, 2.45) is 5.92 Å². The fourth-order valence-corrected chi connectivity index (χ4v) is 6.17. The van der Waals surface area contributed by atoms with E-state index in [2.05, 4.69) is 15.5 Å². The summed E-state index contributed by atoms with van der Waals surface area (Å²) in [4.78, 5) is 45.6. The second kappa shape index (κ2) is 19.1. The Morgan fingerprint density at radius 3 is 2.48 bits per heavy atom. The number of aliphatic hydroxyl groups is 1. The van der Waals surface area contributed by atoms with Gasteiger partial charge < -0.3 is 39.9 Å². The quantitative estimate of drug-likeness (QED) is 0.336. The number of urea groups is 1. The first kappa shape index (κ1) is 37.6. The molecule has 4 amide bonds. The molecule has 11 heteroatoms. The lowest BCUT2D eigenvalue weighted by atomic mass is 9.96. The summed E-state index contributed by atoms with van der Waals surface area (Å²) in [7, 11) is 5.81. The average Bonchev–Trinajstić information content (AvgIpc) is 3.02. The van der Waals surface area contributed by atoms with Crippen LogP contribution in [0.4, 0.5) is 10.5 Å². The molecular weight excluding hydrogens is 586 g/mol. The van der Waals surface area contributed by atoms with E-state index in [1.54, 1.807) is 28.0 Å². The predicted molar refractivity (Wildman–Crippen MR) is 181 cm³/mol. The maximum atomic E-state index is 14.3. The van der Waals surface area contributed by atoms with Crippen molar-refractivity contribution in [3.05, 3.63) is 23.8 Å². The second-order valence-corrected chi connectivity index (χ2v) is 13.6. The van der Waals surface area contributed by atoms with Crippen LogP contribution in [0.5, 0.6) is 5.75 Å². The molecule has 2 aliphatic rings. The summed E-state index contributed by atoms with van der Waals surface area (Å²) in [6, 6.07) is 4.57. The van der Waals surface area contributed by atoms with Crippen molar-refractivity contribution in [2.75, 3.05) is 59.3 Å². The van der Waals surface area contributed by atoms with Crippen LogP contribution in [0.15, 0.2) is 18.2 Å². The van der Waals surface area contributed by atoms with Gasteiger partial charge in [0.1, 0.15) is 5.75 Å². The van der Waals surface area contributed by atoms with Crippen LogP contribution in [-0.2, 0) is 9.53 Å². The molecule has 1 aliphatic carbocycles. The van der Waals surface area contributed by atoms with Crippen molar-refractivity contribution in [1.82, 2.24) is 20.0 Å². The molecule has 46 heavy (non-hydrogen) atoms. The van der Waals surface area contributed by atoms with Gasteiger partial charge in [0, 0.05) is 50.8 Å². The number of ether oxygens (including phenoxy) is 2. The van der Waals surface area contributed by atoms with Gasteiger partial charge in [0.25, 0.3) is 5.91 Å². The van der Waals surface area contributed by atoms with Gasteiger partial charge in [0.05, 0.1) is 30.4 Å². The third-order valence-corrected chi connectivity index (χ3v) is 9.13. The lowest BCUT2D eigenvalue weighted by molar-refractivity contribution is -0.132. The molecule has 1 aromatic rings. The van der Waals surface area contributed by atoms with Crippen molar-refractivity contribution in [1.29, 1.82) is 0 Å². The van der Waals surface area contributed by atoms with E-state index in [0.717, 1.165) is 57.9 Å². The van der Waals surface area contributed by atoms with Crippen LogP contribution >= 0.6 is 0 Å². The number of likely N-dealkylation sites (N-methyl/N-ethyl adjacent to an activating group) is 1. The van der Waals surface area contributed by atoms with Crippen molar-refractivity contribution in [3.63, 3.8) is 0 Å². The number of aliphatic hydroxyl groups excluding tert-OH is 1. The third kappa shape index (κ3) is 12.0. The Bertz CT molecular complexity index is 1110. The molecule has 3 rings (SSSR count). The minimum atomic E-state index is -0.481. The molecule has 1 saturated carbocycles. The van der Waals surface area contributed by atoms with E-state index in [-0.39, 0.29) is 48.6 Å². The number of rotatable bonds is 10. The maximum absolute atomic E-state index is 14.3. The Labute approximate surface area is 276 Å². The molecule has 1 aromatic carbocycles. The molecule has 1 fully saturated rings. The number of nitrogens with one attached hydrogen (secondary N) is 2. The Morgan fingerprint density at radius 1 is 1.07 bits per heavy atom. The van der Waals surface area contributed by atoms with Crippen LogP contribution < -0.4 is 15.4 Å². The predicted octanol–water partition coefficient (Wildman–Crippen LogP) is 4.74. The summed E-state index contributed by atoms with van der Waals surface area (Å²) in [6.45, 7) is 7.72. The number of amides is 4. The van der Waals surface area contributed by atoms with Crippen LogP contribution in [0.1, 0.15) is 95.3 Å². The van der Waals surface area contributed by atoms with Crippen LogP contribution in [0, 0.1) is 5.92 Å². The minimum Gasteiger partial charge on any atom is -0.490 e. The van der Waals surface area contributed by atoms with Gasteiger partial charge in [-0.05, 0) is 91.2 Å². The average molecular weight is 646 g/mol. The highest BCUT2D eigenvalue weighted by Gasteiger charge is 2.31. The molecule has 0 bridgehead atoms. The molecule has 11 nitrogen and oxygen atoms in total. The van der Waals surface area contributed by atoms with Gasteiger partial charge in [0.2, 0.25) is 5.91 Å². The molecule has 0 saturated heterocycles. The van der Waals surface area contributed by atoms with E-state index in [1.165, 1.54) is 6.42 Å². The minimum absolute atomic E-state index is 0.0705. The van der Waals surface area contributed by atoms with E-state index in [1.807, 2.05) is 41.9 Å². The maximum Gasteiger partial charge on any atom is 0.319 e. The van der Waals surface area contributed by atoms with Crippen LogP contribution in [0.3, 0.4) is 0 Å². The number of nitrogens with zero attached hydrogens (tertiary/aromatic N) is 3. The summed E-state index contributed by atoms with van der Waals surface area (Å²) in [5, 5.41) is 16.2. The molecule has 0 unspecified atom stereocenters. The molecule has 0 radical (unpaired) electrons. The summed E-state index contributed by atoms with van der Waals surface area (Å²) in [5.41, 5.74) is 0.829. The summed E-state index contributed by atoms with van der Waals surface area (Å²) in [5.74, 6) is 0.0901. The topological polar surface area (TPSA) is 124 Å². The zero-order chi connectivity index (χ0) is 33.6. The van der Waals surface area contributed by atoms with Gasteiger partial charge in [-0.3, -0.25) is 9.59 Å². The molecule has 3 N–H and O–H groups in total. The fraction of sp³-hybridized carbons (Fsp3) is 0.743. The Morgan fingerprint density at radius 2 is 1.78 bits per heavy atom. The Hall–Kier alpha value is -2.89. The monoisotopic (exact) mass is 645 g/mol. The fourth-order valence-electron chi connectivity index (χ4n) is 6.17. The Balaban J connectivity index is 1.84. The van der Waals surface area contributed by atoms with Crippen molar-refractivity contribution in [3.8, 4) is 5.75 Å². The molecule has 4 atom stereocenters. The first-order chi connectivity index (χ1) is 22.0. The van der Waals surface area contributed by atoms with Crippen LogP contribution in [0.25, 0.3) is 0 Å². The van der Waals surface area contributed by atoms with E-state index in [0.29, 0.717) is 43.1 Å². The van der Waals surface area contributed by atoms with Gasteiger partial charge in [0.15, 0.2) is 0 Å².